The van der Waals surface area contributed by atoms with Crippen molar-refractivity contribution in [3.8, 4) is 0 Å². The number of hydrogen-bond acceptors (Lipinski definition) is 3. The molecule has 0 fully saturated rings. The van der Waals surface area contributed by atoms with Crippen LogP contribution in [0.25, 0.3) is 0 Å². The van der Waals surface area contributed by atoms with E-state index in [0.717, 1.165) is 4.47 Å². The van der Waals surface area contributed by atoms with Gasteiger partial charge in [-0.05, 0) is 52.8 Å². The predicted molar refractivity (Wildman–Crippen MR) is 79.5 cm³/mol. The van der Waals surface area contributed by atoms with Crippen LogP contribution in [0, 0.1) is 0 Å². The number of nitrogens with one attached hydrogen (secondary N) is 1. The summed E-state index contributed by atoms with van der Waals surface area (Å²) in [4.78, 5) is 0.0955. The minimum Gasteiger partial charge on any atom is -0.386 e. The first-order valence-electron chi connectivity index (χ1n) is 5.89. The summed E-state index contributed by atoms with van der Waals surface area (Å²) in [5.74, 6) is 0. The largest absolute Gasteiger partial charge is 0.386 e. The molecule has 0 amide bonds. The van der Waals surface area contributed by atoms with E-state index in [0.29, 0.717) is 5.56 Å². The summed E-state index contributed by atoms with van der Waals surface area (Å²) >= 11 is 3.29. The summed E-state index contributed by atoms with van der Waals surface area (Å²) in [7, 11) is -3.68. The summed E-state index contributed by atoms with van der Waals surface area (Å²) in [6.07, 6.45) is 0. The maximum Gasteiger partial charge on any atom is 0.241 e. The Morgan fingerprint density at radius 2 is 1.68 bits per heavy atom. The van der Waals surface area contributed by atoms with E-state index >= 15 is 0 Å². The lowest BCUT2D eigenvalue weighted by molar-refractivity contribution is 0.0754. The Labute approximate surface area is 123 Å². The molecular weight excluding hydrogens is 330 g/mol. The van der Waals surface area contributed by atoms with Gasteiger partial charge in [-0.2, -0.15) is 0 Å². The fourth-order valence-electron chi connectivity index (χ4n) is 1.67. The molecule has 0 spiro atoms. The van der Waals surface area contributed by atoms with E-state index < -0.39 is 21.2 Å². The van der Waals surface area contributed by atoms with Gasteiger partial charge in [0.15, 0.2) is 0 Å². The molecule has 0 bridgehead atoms. The third-order valence-electron chi connectivity index (χ3n) is 2.33. The van der Waals surface area contributed by atoms with Crippen LogP contribution in [0.2, 0.25) is 0 Å². The van der Waals surface area contributed by atoms with Crippen LogP contribution >= 0.6 is 15.9 Å². The van der Waals surface area contributed by atoms with E-state index in [-0.39, 0.29) is 4.90 Å². The second-order valence-corrected chi connectivity index (χ2v) is 8.62. The van der Waals surface area contributed by atoms with Crippen molar-refractivity contribution in [2.45, 2.75) is 50.7 Å². The van der Waals surface area contributed by atoms with Crippen LogP contribution < -0.4 is 4.72 Å². The van der Waals surface area contributed by atoms with Gasteiger partial charge >= 0.3 is 0 Å². The molecule has 0 atom stereocenters. The lowest BCUT2D eigenvalue weighted by atomic mass is 9.99. The molecule has 0 aromatic heterocycles. The first-order chi connectivity index (χ1) is 8.33. The second kappa shape index (κ2) is 5.16. The second-order valence-electron chi connectivity index (χ2n) is 6.05. The van der Waals surface area contributed by atoms with Gasteiger partial charge in [0, 0.05) is 15.6 Å². The molecule has 19 heavy (non-hydrogen) atoms. The van der Waals surface area contributed by atoms with E-state index in [1.54, 1.807) is 46.8 Å². The zero-order chi connectivity index (χ0) is 15.1. The molecule has 6 heteroatoms. The molecule has 0 saturated heterocycles. The minimum absolute atomic E-state index is 0.0955. The van der Waals surface area contributed by atoms with Crippen molar-refractivity contribution >= 4 is 26.0 Å². The van der Waals surface area contributed by atoms with Crippen LogP contribution in [0.3, 0.4) is 0 Å². The fourth-order valence-corrected chi connectivity index (χ4v) is 3.80. The van der Waals surface area contributed by atoms with E-state index in [1.165, 1.54) is 6.07 Å². The lowest BCUT2D eigenvalue weighted by Gasteiger charge is -2.25. The quantitative estimate of drug-likeness (QED) is 0.881. The number of aliphatic hydroxyl groups is 1. The van der Waals surface area contributed by atoms with Gasteiger partial charge in [-0.15, -0.1) is 0 Å². The van der Waals surface area contributed by atoms with Crippen molar-refractivity contribution in [2.75, 3.05) is 0 Å². The zero-order valence-electron chi connectivity index (χ0n) is 11.8. The monoisotopic (exact) mass is 349 g/mol. The third kappa shape index (κ3) is 4.56. The molecule has 1 aromatic rings. The highest BCUT2D eigenvalue weighted by Gasteiger charge is 2.29. The Balaban J connectivity index is 3.44. The van der Waals surface area contributed by atoms with Gasteiger partial charge in [0.05, 0.1) is 10.5 Å². The molecule has 2 N–H and O–H groups in total. The van der Waals surface area contributed by atoms with Crippen molar-refractivity contribution < 1.29 is 13.5 Å². The highest BCUT2D eigenvalue weighted by Crippen LogP contribution is 2.30. The van der Waals surface area contributed by atoms with Crippen molar-refractivity contribution in [1.82, 2.24) is 4.72 Å². The van der Waals surface area contributed by atoms with Crippen LogP contribution in [-0.2, 0) is 15.6 Å². The van der Waals surface area contributed by atoms with Crippen LogP contribution in [0.5, 0.6) is 0 Å². The number of sulfonamides is 1. The minimum atomic E-state index is -3.68. The first kappa shape index (κ1) is 16.6. The third-order valence-corrected chi connectivity index (χ3v) is 4.64. The van der Waals surface area contributed by atoms with Crippen molar-refractivity contribution in [1.29, 1.82) is 0 Å². The highest BCUT2D eigenvalue weighted by atomic mass is 79.9. The van der Waals surface area contributed by atoms with E-state index in [4.69, 9.17) is 0 Å². The Bertz CT molecular complexity index is 569. The molecule has 1 aromatic carbocycles. The molecule has 0 saturated carbocycles. The Morgan fingerprint density at radius 1 is 1.16 bits per heavy atom. The van der Waals surface area contributed by atoms with Gasteiger partial charge in [0.25, 0.3) is 0 Å². The van der Waals surface area contributed by atoms with Crippen molar-refractivity contribution in [3.63, 3.8) is 0 Å². The van der Waals surface area contributed by atoms with Gasteiger partial charge in [-0.1, -0.05) is 15.9 Å². The summed E-state index contributed by atoms with van der Waals surface area (Å²) in [6, 6.07) is 4.76. The number of halogens is 1. The maximum atomic E-state index is 12.4. The van der Waals surface area contributed by atoms with Crippen molar-refractivity contribution in [3.05, 3.63) is 28.2 Å². The SMILES string of the molecule is CC(C)(C)NS(=O)(=O)c1ccc(Br)cc1C(C)(C)O. The normalized spacial score (nSPS) is 13.6. The summed E-state index contributed by atoms with van der Waals surface area (Å²) < 4.78 is 28.1. The van der Waals surface area contributed by atoms with Crippen LogP contribution in [0.15, 0.2) is 27.6 Å². The van der Waals surface area contributed by atoms with Gasteiger partial charge in [-0.3, -0.25) is 0 Å². The molecule has 0 aliphatic heterocycles. The van der Waals surface area contributed by atoms with Gasteiger partial charge in [-0.25, -0.2) is 13.1 Å². The van der Waals surface area contributed by atoms with Gasteiger partial charge < -0.3 is 5.11 Å². The number of benzene rings is 1. The van der Waals surface area contributed by atoms with Crippen molar-refractivity contribution in [2.24, 2.45) is 0 Å². The molecule has 108 valence electrons. The van der Waals surface area contributed by atoms with Gasteiger partial charge in [0.1, 0.15) is 0 Å². The topological polar surface area (TPSA) is 66.4 Å². The van der Waals surface area contributed by atoms with Crippen LogP contribution in [-0.4, -0.2) is 19.1 Å². The Morgan fingerprint density at radius 3 is 2.11 bits per heavy atom. The Hall–Kier alpha value is -0.430. The molecule has 0 heterocycles. The van der Waals surface area contributed by atoms with E-state index in [9.17, 15) is 13.5 Å². The number of rotatable bonds is 3. The average molecular weight is 350 g/mol. The summed E-state index contributed by atoms with van der Waals surface area (Å²) in [5, 5.41) is 10.1. The molecule has 0 radical (unpaired) electrons. The molecular formula is C13H20BrNO3S. The Kier molecular flexibility index (Phi) is 4.52. The standard InChI is InChI=1S/C13H20BrNO3S/c1-12(2,3)15-19(17,18)11-7-6-9(14)8-10(11)13(4,5)16/h6-8,15-16H,1-5H3. The smallest absolute Gasteiger partial charge is 0.241 e. The summed E-state index contributed by atoms with van der Waals surface area (Å²) in [6.45, 7) is 8.43. The summed E-state index contributed by atoms with van der Waals surface area (Å²) in [5.41, 5.74) is -1.47. The van der Waals surface area contributed by atoms with Crippen LogP contribution in [0.1, 0.15) is 40.2 Å². The number of hydrogen-bond donors (Lipinski definition) is 2. The lowest BCUT2D eigenvalue weighted by Crippen LogP contribution is -2.41. The maximum absolute atomic E-state index is 12.4. The molecule has 0 unspecified atom stereocenters. The predicted octanol–water partition coefficient (Wildman–Crippen LogP) is 2.75. The van der Waals surface area contributed by atoms with E-state index in [1.807, 2.05) is 0 Å². The molecule has 0 aliphatic carbocycles. The highest BCUT2D eigenvalue weighted by molar-refractivity contribution is 9.10. The molecule has 0 aliphatic rings. The average Bonchev–Trinajstić information content (AvgIpc) is 2.11. The van der Waals surface area contributed by atoms with Gasteiger partial charge in [0.2, 0.25) is 10.0 Å². The zero-order valence-corrected chi connectivity index (χ0v) is 14.2. The molecule has 4 nitrogen and oxygen atoms in total. The van der Waals surface area contributed by atoms with Crippen LogP contribution in [0.4, 0.5) is 0 Å². The molecule has 1 rings (SSSR count). The van der Waals surface area contributed by atoms with E-state index in [2.05, 4.69) is 20.7 Å². The fraction of sp³-hybridized carbons (Fsp3) is 0.538. The first-order valence-corrected chi connectivity index (χ1v) is 8.17.